The summed E-state index contributed by atoms with van der Waals surface area (Å²) in [5, 5.41) is 2.84. The number of piperazine rings is 1. The van der Waals surface area contributed by atoms with Gasteiger partial charge in [-0.05, 0) is 55.5 Å². The van der Waals surface area contributed by atoms with Gasteiger partial charge in [0.1, 0.15) is 5.82 Å². The molecular weight excluding hydrogens is 349 g/mol. The van der Waals surface area contributed by atoms with E-state index in [-0.39, 0.29) is 17.8 Å². The maximum Gasteiger partial charge on any atom is 0.338 e. The zero-order chi connectivity index (χ0) is 19.2. The Morgan fingerprint density at radius 3 is 2.22 bits per heavy atom. The molecule has 142 valence electrons. The quantitative estimate of drug-likeness (QED) is 0.838. The normalized spacial score (nSPS) is 14.0. The molecule has 1 N–H and O–H groups in total. The number of carbonyl (C=O) groups is 2. The highest BCUT2D eigenvalue weighted by molar-refractivity contribution is 5.92. The Labute approximate surface area is 157 Å². The zero-order valence-corrected chi connectivity index (χ0v) is 15.2. The molecule has 0 aliphatic carbocycles. The van der Waals surface area contributed by atoms with Gasteiger partial charge in [-0.3, -0.25) is 0 Å². The van der Waals surface area contributed by atoms with E-state index in [1.165, 1.54) is 12.1 Å². The molecule has 1 saturated heterocycles. The Morgan fingerprint density at radius 2 is 1.63 bits per heavy atom. The van der Waals surface area contributed by atoms with Crippen molar-refractivity contribution >= 4 is 23.4 Å². The van der Waals surface area contributed by atoms with Crippen molar-refractivity contribution in [1.82, 2.24) is 4.90 Å². The van der Waals surface area contributed by atoms with E-state index in [2.05, 4.69) is 10.2 Å². The van der Waals surface area contributed by atoms with E-state index in [1.807, 2.05) is 0 Å². The summed E-state index contributed by atoms with van der Waals surface area (Å²) in [7, 11) is 0. The van der Waals surface area contributed by atoms with Crippen LogP contribution in [0.4, 0.5) is 20.6 Å². The predicted octanol–water partition coefficient (Wildman–Crippen LogP) is 3.36. The Kier molecular flexibility index (Phi) is 5.90. The second kappa shape index (κ2) is 8.53. The summed E-state index contributed by atoms with van der Waals surface area (Å²) in [5.74, 6) is -0.641. The number of carbonyl (C=O) groups excluding carboxylic acids is 2. The lowest BCUT2D eigenvalue weighted by molar-refractivity contribution is 0.0526. The van der Waals surface area contributed by atoms with Gasteiger partial charge in [-0.15, -0.1) is 0 Å². The van der Waals surface area contributed by atoms with E-state index in [0.717, 1.165) is 5.69 Å². The van der Waals surface area contributed by atoms with Crippen molar-refractivity contribution in [3.63, 3.8) is 0 Å². The maximum absolute atomic E-state index is 13.0. The van der Waals surface area contributed by atoms with Crippen molar-refractivity contribution in [1.29, 1.82) is 0 Å². The van der Waals surface area contributed by atoms with Crippen molar-refractivity contribution in [3.05, 3.63) is 59.9 Å². The number of benzene rings is 2. The van der Waals surface area contributed by atoms with Gasteiger partial charge in [0.2, 0.25) is 0 Å². The molecule has 0 atom stereocenters. The second-order valence-corrected chi connectivity index (χ2v) is 6.18. The van der Waals surface area contributed by atoms with Gasteiger partial charge >= 0.3 is 12.0 Å². The van der Waals surface area contributed by atoms with E-state index in [1.54, 1.807) is 48.2 Å². The third-order valence-electron chi connectivity index (χ3n) is 4.41. The minimum absolute atomic E-state index is 0.183. The number of nitrogens with zero attached hydrogens (tertiary/aromatic N) is 2. The van der Waals surface area contributed by atoms with Crippen LogP contribution >= 0.6 is 0 Å². The summed E-state index contributed by atoms with van der Waals surface area (Å²) in [6, 6.07) is 12.8. The van der Waals surface area contributed by atoms with Crippen molar-refractivity contribution < 1.29 is 18.7 Å². The van der Waals surface area contributed by atoms with Gasteiger partial charge < -0.3 is 19.9 Å². The van der Waals surface area contributed by atoms with Crippen LogP contribution in [0.2, 0.25) is 0 Å². The molecule has 0 radical (unpaired) electrons. The predicted molar refractivity (Wildman–Crippen MR) is 102 cm³/mol. The third-order valence-corrected chi connectivity index (χ3v) is 4.41. The van der Waals surface area contributed by atoms with E-state index in [0.29, 0.717) is 44.0 Å². The molecule has 0 spiro atoms. The first-order valence-corrected chi connectivity index (χ1v) is 8.90. The summed E-state index contributed by atoms with van der Waals surface area (Å²) in [4.78, 5) is 27.9. The van der Waals surface area contributed by atoms with Gasteiger partial charge in [0.15, 0.2) is 0 Å². The average molecular weight is 371 g/mol. The summed E-state index contributed by atoms with van der Waals surface area (Å²) >= 11 is 0. The molecule has 3 rings (SSSR count). The monoisotopic (exact) mass is 371 g/mol. The number of nitrogens with one attached hydrogen (secondary N) is 1. The second-order valence-electron chi connectivity index (χ2n) is 6.18. The first-order chi connectivity index (χ1) is 13.1. The number of hydrogen-bond donors (Lipinski definition) is 1. The van der Waals surface area contributed by atoms with Crippen LogP contribution in [-0.4, -0.2) is 49.7 Å². The molecule has 1 fully saturated rings. The van der Waals surface area contributed by atoms with Gasteiger partial charge in [0, 0.05) is 37.6 Å². The largest absolute Gasteiger partial charge is 0.462 e. The third kappa shape index (κ3) is 4.75. The van der Waals surface area contributed by atoms with Gasteiger partial charge in [0.25, 0.3) is 0 Å². The van der Waals surface area contributed by atoms with Crippen LogP contribution in [0.15, 0.2) is 48.5 Å². The molecule has 7 heteroatoms. The fourth-order valence-electron chi connectivity index (χ4n) is 2.93. The summed E-state index contributed by atoms with van der Waals surface area (Å²) in [6.45, 7) is 4.58. The van der Waals surface area contributed by atoms with Gasteiger partial charge in [-0.25, -0.2) is 14.0 Å². The first kappa shape index (κ1) is 18.7. The molecule has 0 saturated carbocycles. The number of halogens is 1. The van der Waals surface area contributed by atoms with Crippen LogP contribution in [0.25, 0.3) is 0 Å². The Hall–Kier alpha value is -3.09. The molecule has 1 aliphatic heterocycles. The van der Waals surface area contributed by atoms with E-state index in [9.17, 15) is 14.0 Å². The summed E-state index contributed by atoms with van der Waals surface area (Å²) < 4.78 is 18.0. The van der Waals surface area contributed by atoms with Crippen molar-refractivity contribution in [2.45, 2.75) is 6.92 Å². The number of ether oxygens (including phenoxy) is 1. The zero-order valence-electron chi connectivity index (χ0n) is 15.2. The smallest absolute Gasteiger partial charge is 0.338 e. The highest BCUT2D eigenvalue weighted by Gasteiger charge is 2.21. The van der Waals surface area contributed by atoms with E-state index < -0.39 is 0 Å². The highest BCUT2D eigenvalue weighted by Crippen LogP contribution is 2.18. The molecule has 6 nitrogen and oxygen atoms in total. The Bertz CT molecular complexity index is 785. The van der Waals surface area contributed by atoms with Crippen LogP contribution in [0.1, 0.15) is 17.3 Å². The molecule has 2 aromatic carbocycles. The van der Waals surface area contributed by atoms with Crippen LogP contribution in [0.5, 0.6) is 0 Å². The molecule has 0 aromatic heterocycles. The number of amides is 2. The lowest BCUT2D eigenvalue weighted by Crippen LogP contribution is -2.50. The van der Waals surface area contributed by atoms with Crippen LogP contribution < -0.4 is 10.2 Å². The number of anilines is 2. The van der Waals surface area contributed by atoms with E-state index >= 15 is 0 Å². The van der Waals surface area contributed by atoms with Crippen molar-refractivity contribution in [3.8, 4) is 0 Å². The topological polar surface area (TPSA) is 61.9 Å². The lowest BCUT2D eigenvalue weighted by atomic mass is 10.2. The fourth-order valence-corrected chi connectivity index (χ4v) is 2.93. The standard InChI is InChI=1S/C20H22FN3O3/c1-2-27-19(25)15-3-7-17(8-4-15)22-20(26)24-13-11-23(12-14-24)18-9-5-16(21)6-10-18/h3-10H,2,11-14H2,1H3,(H,22,26). The minimum atomic E-state index is -0.382. The Morgan fingerprint density at radius 1 is 1.00 bits per heavy atom. The molecule has 1 heterocycles. The minimum Gasteiger partial charge on any atom is -0.462 e. The molecule has 27 heavy (non-hydrogen) atoms. The van der Waals surface area contributed by atoms with Gasteiger partial charge in [-0.1, -0.05) is 0 Å². The average Bonchev–Trinajstić information content (AvgIpc) is 2.69. The molecule has 1 aliphatic rings. The van der Waals surface area contributed by atoms with Crippen LogP contribution in [0.3, 0.4) is 0 Å². The molecular formula is C20H22FN3O3. The molecule has 0 bridgehead atoms. The number of hydrogen-bond acceptors (Lipinski definition) is 4. The SMILES string of the molecule is CCOC(=O)c1ccc(NC(=O)N2CCN(c3ccc(F)cc3)CC2)cc1. The summed E-state index contributed by atoms with van der Waals surface area (Å²) in [6.07, 6.45) is 0. The van der Waals surface area contributed by atoms with Crippen LogP contribution in [0, 0.1) is 5.82 Å². The fraction of sp³-hybridized carbons (Fsp3) is 0.300. The first-order valence-electron chi connectivity index (χ1n) is 8.90. The number of rotatable bonds is 4. The molecule has 2 aromatic rings. The molecule has 0 unspecified atom stereocenters. The van der Waals surface area contributed by atoms with Gasteiger partial charge in [0.05, 0.1) is 12.2 Å². The van der Waals surface area contributed by atoms with Crippen molar-refractivity contribution in [2.75, 3.05) is 43.0 Å². The number of esters is 1. The van der Waals surface area contributed by atoms with Crippen LogP contribution in [-0.2, 0) is 4.74 Å². The summed E-state index contributed by atoms with van der Waals surface area (Å²) in [5.41, 5.74) is 2.02. The highest BCUT2D eigenvalue weighted by atomic mass is 19.1. The van der Waals surface area contributed by atoms with Crippen molar-refractivity contribution in [2.24, 2.45) is 0 Å². The van der Waals surface area contributed by atoms with Gasteiger partial charge in [-0.2, -0.15) is 0 Å². The number of urea groups is 1. The maximum atomic E-state index is 13.0. The van der Waals surface area contributed by atoms with E-state index in [4.69, 9.17) is 4.74 Å². The Balaban J connectivity index is 1.52. The lowest BCUT2D eigenvalue weighted by Gasteiger charge is -2.36. The molecule has 2 amide bonds.